The average molecular weight is 205 g/mol. The molecule has 66 valence electrons. The number of quaternary nitrogens is 1. The third-order valence-corrected chi connectivity index (χ3v) is 2.55. The molecular formula is C9H12Cl2N+. The molecule has 0 aliphatic carbocycles. The van der Waals surface area contributed by atoms with E-state index in [0.717, 1.165) is 5.56 Å². The molecular weight excluding hydrogens is 193 g/mol. The molecule has 1 rings (SSSR count). The van der Waals surface area contributed by atoms with Crippen LogP contribution in [0.25, 0.3) is 0 Å². The molecule has 3 heteroatoms. The highest BCUT2D eigenvalue weighted by molar-refractivity contribution is 6.23. The van der Waals surface area contributed by atoms with E-state index in [1.165, 1.54) is 0 Å². The van der Waals surface area contributed by atoms with Crippen LogP contribution in [0, 0.1) is 0 Å². The van der Waals surface area contributed by atoms with Crippen molar-refractivity contribution < 1.29 is 3.52 Å². The van der Waals surface area contributed by atoms with E-state index < -0.39 is 0 Å². The number of halogens is 2. The number of nitrogens with zero attached hydrogens (tertiary/aromatic N) is 1. The van der Waals surface area contributed by atoms with Crippen LogP contribution in [0.5, 0.6) is 0 Å². The van der Waals surface area contributed by atoms with E-state index in [1.54, 1.807) is 7.05 Å². The van der Waals surface area contributed by atoms with Crippen LogP contribution < -0.4 is 0 Å². The van der Waals surface area contributed by atoms with Gasteiger partial charge in [-0.3, -0.25) is 0 Å². The second-order valence-electron chi connectivity index (χ2n) is 2.94. The summed E-state index contributed by atoms with van der Waals surface area (Å²) >= 11 is 11.8. The molecule has 0 amide bonds. The lowest BCUT2D eigenvalue weighted by molar-refractivity contribution is -0.702. The quantitative estimate of drug-likeness (QED) is 0.648. The fourth-order valence-electron chi connectivity index (χ4n) is 0.993. The van der Waals surface area contributed by atoms with Gasteiger partial charge in [0, 0.05) is 5.56 Å². The Labute approximate surface area is 83.3 Å². The predicted molar refractivity (Wildman–Crippen MR) is 52.7 cm³/mol. The summed E-state index contributed by atoms with van der Waals surface area (Å²) in [6.45, 7) is 2.00. The maximum absolute atomic E-state index is 5.92. The molecule has 0 N–H and O–H groups in total. The van der Waals surface area contributed by atoms with Crippen molar-refractivity contribution in [1.82, 2.24) is 0 Å². The van der Waals surface area contributed by atoms with Crippen LogP contribution in [0.1, 0.15) is 18.5 Å². The fourth-order valence-corrected chi connectivity index (χ4v) is 1.22. The molecule has 0 radical (unpaired) electrons. The van der Waals surface area contributed by atoms with Crippen molar-refractivity contribution in [3.05, 3.63) is 35.9 Å². The molecule has 1 nitrogen and oxygen atoms in total. The highest BCUT2D eigenvalue weighted by atomic mass is 35.5. The summed E-state index contributed by atoms with van der Waals surface area (Å²) in [6.07, 6.45) is 0. The zero-order valence-electron chi connectivity index (χ0n) is 7.17. The third kappa shape index (κ3) is 2.37. The van der Waals surface area contributed by atoms with Gasteiger partial charge in [-0.15, -0.1) is 3.52 Å². The van der Waals surface area contributed by atoms with E-state index in [1.807, 2.05) is 37.3 Å². The van der Waals surface area contributed by atoms with Gasteiger partial charge in [-0.2, -0.15) is 0 Å². The lowest BCUT2D eigenvalue weighted by Gasteiger charge is -2.21. The first-order chi connectivity index (χ1) is 5.52. The van der Waals surface area contributed by atoms with Crippen LogP contribution in [0.3, 0.4) is 0 Å². The van der Waals surface area contributed by atoms with Gasteiger partial charge >= 0.3 is 0 Å². The van der Waals surface area contributed by atoms with E-state index >= 15 is 0 Å². The Kier molecular flexibility index (Phi) is 2.99. The van der Waals surface area contributed by atoms with E-state index in [4.69, 9.17) is 23.6 Å². The molecule has 1 atom stereocenters. The summed E-state index contributed by atoms with van der Waals surface area (Å²) in [5, 5.41) is 0. The van der Waals surface area contributed by atoms with Gasteiger partial charge in [0.2, 0.25) is 0 Å². The Morgan fingerprint density at radius 1 is 1.17 bits per heavy atom. The Balaban J connectivity index is 2.86. The van der Waals surface area contributed by atoms with Crippen molar-refractivity contribution in [2.24, 2.45) is 0 Å². The third-order valence-electron chi connectivity index (χ3n) is 1.96. The number of benzene rings is 1. The van der Waals surface area contributed by atoms with Gasteiger partial charge in [0.1, 0.15) is 13.1 Å². The standard InChI is InChI=1S/C9H12Cl2N/c1-8(12(2,10)11)9-6-4-3-5-7-9/h3-8H,1-2H3/q+1. The van der Waals surface area contributed by atoms with Gasteiger partial charge in [-0.05, 0) is 6.92 Å². The second kappa shape index (κ2) is 3.65. The lowest BCUT2D eigenvalue weighted by Crippen LogP contribution is -2.24. The van der Waals surface area contributed by atoms with Gasteiger partial charge in [-0.25, -0.2) is 0 Å². The normalized spacial score (nSPS) is 14.3. The maximum Gasteiger partial charge on any atom is 0.187 e. The van der Waals surface area contributed by atoms with Gasteiger partial charge in [0.15, 0.2) is 23.6 Å². The van der Waals surface area contributed by atoms with E-state index in [2.05, 4.69) is 0 Å². The van der Waals surface area contributed by atoms with Crippen molar-refractivity contribution >= 4 is 23.6 Å². The fraction of sp³-hybridized carbons (Fsp3) is 0.333. The number of hydrogen-bond acceptors (Lipinski definition) is 0. The Hall–Kier alpha value is -0.240. The summed E-state index contributed by atoms with van der Waals surface area (Å²) in [6, 6.07) is 10.1. The van der Waals surface area contributed by atoms with Crippen molar-refractivity contribution in [1.29, 1.82) is 0 Å². The molecule has 0 heterocycles. The summed E-state index contributed by atoms with van der Waals surface area (Å²) in [4.78, 5) is 0. The number of rotatable bonds is 2. The average Bonchev–Trinajstić information content (AvgIpc) is 2.03. The molecule has 0 aliphatic rings. The maximum atomic E-state index is 5.92. The van der Waals surface area contributed by atoms with Crippen molar-refractivity contribution in [2.45, 2.75) is 13.0 Å². The van der Waals surface area contributed by atoms with E-state index in [0.29, 0.717) is 0 Å². The molecule has 1 aromatic rings. The Morgan fingerprint density at radius 2 is 1.67 bits per heavy atom. The van der Waals surface area contributed by atoms with Crippen LogP contribution >= 0.6 is 23.6 Å². The molecule has 0 saturated heterocycles. The van der Waals surface area contributed by atoms with Crippen LogP contribution in [0.2, 0.25) is 0 Å². The molecule has 1 unspecified atom stereocenters. The Morgan fingerprint density at radius 3 is 2.08 bits per heavy atom. The largest absolute Gasteiger partial charge is 0.187 e. The summed E-state index contributed by atoms with van der Waals surface area (Å²) in [5.74, 6) is 0. The lowest BCUT2D eigenvalue weighted by atomic mass is 10.1. The van der Waals surface area contributed by atoms with E-state index in [9.17, 15) is 0 Å². The van der Waals surface area contributed by atoms with Crippen molar-refractivity contribution in [2.75, 3.05) is 7.05 Å². The van der Waals surface area contributed by atoms with Crippen molar-refractivity contribution in [3.63, 3.8) is 0 Å². The van der Waals surface area contributed by atoms with Gasteiger partial charge in [0.05, 0.1) is 0 Å². The predicted octanol–water partition coefficient (Wildman–Crippen LogP) is 3.50. The molecule has 0 aliphatic heterocycles. The molecule has 1 aromatic carbocycles. The first-order valence-electron chi connectivity index (χ1n) is 3.82. The minimum atomic E-state index is -0.0794. The first kappa shape index (κ1) is 9.85. The molecule has 0 aromatic heterocycles. The van der Waals surface area contributed by atoms with Crippen LogP contribution in [0.4, 0.5) is 0 Å². The minimum absolute atomic E-state index is 0.0794. The second-order valence-corrected chi connectivity index (χ2v) is 4.52. The molecule has 0 saturated carbocycles. The summed E-state index contributed by atoms with van der Waals surface area (Å²) < 4.78 is -0.0794. The Bertz CT molecular complexity index is 240. The van der Waals surface area contributed by atoms with Crippen LogP contribution in [0.15, 0.2) is 30.3 Å². The molecule has 0 spiro atoms. The number of hydrogen-bond donors (Lipinski definition) is 0. The zero-order chi connectivity index (χ0) is 9.19. The highest BCUT2D eigenvalue weighted by Crippen LogP contribution is 2.31. The van der Waals surface area contributed by atoms with Crippen LogP contribution in [-0.2, 0) is 0 Å². The van der Waals surface area contributed by atoms with Gasteiger partial charge in [-0.1, -0.05) is 30.3 Å². The highest BCUT2D eigenvalue weighted by Gasteiger charge is 2.27. The summed E-state index contributed by atoms with van der Waals surface area (Å²) in [5.41, 5.74) is 1.14. The molecule has 0 bridgehead atoms. The SMILES string of the molecule is CC(c1ccccc1)[N+](C)(Cl)Cl. The minimum Gasteiger partial charge on any atom is -0.120 e. The summed E-state index contributed by atoms with van der Waals surface area (Å²) in [7, 11) is 1.75. The zero-order valence-corrected chi connectivity index (χ0v) is 8.68. The topological polar surface area (TPSA) is 0 Å². The monoisotopic (exact) mass is 204 g/mol. The molecule has 0 fully saturated rings. The smallest absolute Gasteiger partial charge is 0.120 e. The first-order valence-corrected chi connectivity index (χ1v) is 4.50. The van der Waals surface area contributed by atoms with Gasteiger partial charge in [0.25, 0.3) is 0 Å². The van der Waals surface area contributed by atoms with Crippen LogP contribution in [-0.4, -0.2) is 10.6 Å². The van der Waals surface area contributed by atoms with Crippen molar-refractivity contribution in [3.8, 4) is 0 Å². The molecule has 12 heavy (non-hydrogen) atoms. The van der Waals surface area contributed by atoms with E-state index in [-0.39, 0.29) is 9.56 Å². The van der Waals surface area contributed by atoms with Gasteiger partial charge < -0.3 is 0 Å².